The van der Waals surface area contributed by atoms with E-state index in [2.05, 4.69) is 5.32 Å². The van der Waals surface area contributed by atoms with E-state index in [0.717, 1.165) is 0 Å². The zero-order valence-electron chi connectivity index (χ0n) is 5.49. The average Bonchev–Trinajstić information content (AvgIpc) is 1.85. The number of rotatable bonds is 1. The summed E-state index contributed by atoms with van der Waals surface area (Å²) in [5, 5.41) is 3.19. The van der Waals surface area contributed by atoms with Crippen molar-refractivity contribution in [2.24, 2.45) is 0 Å². The van der Waals surface area contributed by atoms with Crippen LogP contribution in [0.25, 0.3) is 0 Å². The van der Waals surface area contributed by atoms with Gasteiger partial charge >= 0.3 is 0 Å². The van der Waals surface area contributed by atoms with E-state index < -0.39 is 0 Å². The maximum atomic E-state index is 12.5. The highest BCUT2D eigenvalue weighted by Gasteiger charge is 1.95. The average molecular weight is 160 g/mol. The fraction of sp³-hybridized carbons (Fsp3) is 0.143. The van der Waals surface area contributed by atoms with Gasteiger partial charge in [0.1, 0.15) is 5.82 Å². The lowest BCUT2D eigenvalue weighted by atomic mass is 10.3. The molecule has 0 radical (unpaired) electrons. The first-order chi connectivity index (χ1) is 4.72. The standard InChI is InChI=1S/C7H7ClFN/c1-10-7-3-5(8)2-6(9)4-7/h2-4,10H,1H3. The molecule has 1 aromatic rings. The van der Waals surface area contributed by atoms with Crippen molar-refractivity contribution in [3.63, 3.8) is 0 Å². The normalized spacial score (nSPS) is 9.50. The molecule has 3 heteroatoms. The van der Waals surface area contributed by atoms with Gasteiger partial charge in [-0.3, -0.25) is 0 Å². The molecule has 10 heavy (non-hydrogen) atoms. The molecule has 0 atom stereocenters. The Bertz CT molecular complexity index is 217. The van der Waals surface area contributed by atoms with Gasteiger partial charge in [0.25, 0.3) is 0 Å². The van der Waals surface area contributed by atoms with Crippen LogP contribution in [-0.4, -0.2) is 7.05 Å². The molecule has 54 valence electrons. The Labute approximate surface area is 63.8 Å². The molecule has 0 saturated heterocycles. The Morgan fingerprint density at radius 2 is 2.10 bits per heavy atom. The van der Waals surface area contributed by atoms with Gasteiger partial charge in [0.05, 0.1) is 0 Å². The van der Waals surface area contributed by atoms with Gasteiger partial charge in [-0.05, 0) is 18.2 Å². The summed E-state index contributed by atoms with van der Waals surface area (Å²) in [6, 6.07) is 4.30. The molecule has 0 aliphatic carbocycles. The minimum Gasteiger partial charge on any atom is -0.388 e. The number of hydrogen-bond donors (Lipinski definition) is 1. The van der Waals surface area contributed by atoms with Crippen molar-refractivity contribution in [2.45, 2.75) is 0 Å². The summed E-state index contributed by atoms with van der Waals surface area (Å²) < 4.78 is 12.5. The van der Waals surface area contributed by atoms with Gasteiger partial charge in [0.2, 0.25) is 0 Å². The molecule has 1 N–H and O–H groups in total. The summed E-state index contributed by atoms with van der Waals surface area (Å²) >= 11 is 5.55. The maximum Gasteiger partial charge on any atom is 0.126 e. The molecule has 0 aliphatic heterocycles. The molecule has 0 spiro atoms. The van der Waals surface area contributed by atoms with Crippen LogP contribution in [0.1, 0.15) is 0 Å². The van der Waals surface area contributed by atoms with Gasteiger partial charge in [-0.25, -0.2) is 4.39 Å². The summed E-state index contributed by atoms with van der Waals surface area (Å²) in [5.41, 5.74) is 0.685. The van der Waals surface area contributed by atoms with Crippen LogP contribution >= 0.6 is 11.6 Å². The lowest BCUT2D eigenvalue weighted by Gasteiger charge is -1.99. The molecule has 0 fully saturated rings. The minimum absolute atomic E-state index is 0.322. The molecule has 0 aliphatic rings. The quantitative estimate of drug-likeness (QED) is 0.664. The van der Waals surface area contributed by atoms with Crippen molar-refractivity contribution in [2.75, 3.05) is 12.4 Å². The van der Waals surface area contributed by atoms with Gasteiger partial charge in [-0.2, -0.15) is 0 Å². The molecule has 1 aromatic carbocycles. The van der Waals surface area contributed by atoms with Gasteiger partial charge in [-0.15, -0.1) is 0 Å². The number of benzene rings is 1. The Morgan fingerprint density at radius 3 is 2.60 bits per heavy atom. The van der Waals surface area contributed by atoms with E-state index in [1.165, 1.54) is 12.1 Å². The highest BCUT2D eigenvalue weighted by molar-refractivity contribution is 6.30. The fourth-order valence-corrected chi connectivity index (χ4v) is 0.920. The first-order valence-electron chi connectivity index (χ1n) is 2.86. The van der Waals surface area contributed by atoms with Crippen LogP contribution in [0, 0.1) is 5.82 Å². The molecule has 0 unspecified atom stereocenters. The predicted molar refractivity (Wildman–Crippen MR) is 41.0 cm³/mol. The summed E-state index contributed by atoms with van der Waals surface area (Å²) in [7, 11) is 1.71. The van der Waals surface area contributed by atoms with Crippen LogP contribution in [0.15, 0.2) is 18.2 Å². The van der Waals surface area contributed by atoms with Crippen molar-refractivity contribution < 1.29 is 4.39 Å². The lowest BCUT2D eigenvalue weighted by molar-refractivity contribution is 0.628. The first kappa shape index (κ1) is 7.35. The topological polar surface area (TPSA) is 12.0 Å². The minimum atomic E-state index is -0.322. The molecule has 1 nitrogen and oxygen atoms in total. The van der Waals surface area contributed by atoms with Crippen molar-refractivity contribution in [3.05, 3.63) is 29.0 Å². The van der Waals surface area contributed by atoms with Crippen LogP contribution in [0.5, 0.6) is 0 Å². The SMILES string of the molecule is CNc1cc(F)cc(Cl)c1. The van der Waals surface area contributed by atoms with Gasteiger partial charge in [0, 0.05) is 17.8 Å². The molecule has 0 saturated carbocycles. The molecule has 0 aromatic heterocycles. The number of hydrogen-bond acceptors (Lipinski definition) is 1. The van der Waals surface area contributed by atoms with E-state index in [0.29, 0.717) is 10.7 Å². The third kappa shape index (κ3) is 1.61. The van der Waals surface area contributed by atoms with Gasteiger partial charge < -0.3 is 5.32 Å². The van der Waals surface area contributed by atoms with E-state index in [1.807, 2.05) is 0 Å². The molecule has 0 bridgehead atoms. The Hall–Kier alpha value is -0.760. The van der Waals surface area contributed by atoms with Crippen molar-refractivity contribution >= 4 is 17.3 Å². The summed E-state index contributed by atoms with van der Waals surface area (Å²) in [6.45, 7) is 0. The highest BCUT2D eigenvalue weighted by Crippen LogP contribution is 2.16. The monoisotopic (exact) mass is 159 g/mol. The van der Waals surface area contributed by atoms with E-state index in [9.17, 15) is 4.39 Å². The van der Waals surface area contributed by atoms with Crippen LogP contribution in [0.3, 0.4) is 0 Å². The van der Waals surface area contributed by atoms with Crippen LogP contribution in [0.4, 0.5) is 10.1 Å². The second-order valence-electron chi connectivity index (χ2n) is 1.91. The Balaban J connectivity index is 3.06. The fourth-order valence-electron chi connectivity index (χ4n) is 0.698. The van der Waals surface area contributed by atoms with Crippen molar-refractivity contribution in [1.29, 1.82) is 0 Å². The van der Waals surface area contributed by atoms with Gasteiger partial charge in [-0.1, -0.05) is 11.6 Å². The Kier molecular flexibility index (Phi) is 2.12. The van der Waals surface area contributed by atoms with Crippen LogP contribution < -0.4 is 5.32 Å². The van der Waals surface area contributed by atoms with Crippen molar-refractivity contribution in [3.8, 4) is 0 Å². The highest BCUT2D eigenvalue weighted by atomic mass is 35.5. The molecule has 0 amide bonds. The molecular weight excluding hydrogens is 153 g/mol. The zero-order chi connectivity index (χ0) is 7.56. The number of anilines is 1. The first-order valence-corrected chi connectivity index (χ1v) is 3.24. The second-order valence-corrected chi connectivity index (χ2v) is 2.34. The van der Waals surface area contributed by atoms with E-state index in [4.69, 9.17) is 11.6 Å². The summed E-state index contributed by atoms with van der Waals surface area (Å²) in [6.07, 6.45) is 0. The second kappa shape index (κ2) is 2.88. The van der Waals surface area contributed by atoms with E-state index in [1.54, 1.807) is 13.1 Å². The van der Waals surface area contributed by atoms with E-state index in [-0.39, 0.29) is 5.82 Å². The number of nitrogens with one attached hydrogen (secondary N) is 1. The predicted octanol–water partition coefficient (Wildman–Crippen LogP) is 2.52. The van der Waals surface area contributed by atoms with E-state index >= 15 is 0 Å². The maximum absolute atomic E-state index is 12.5. The third-order valence-electron chi connectivity index (χ3n) is 1.15. The lowest BCUT2D eigenvalue weighted by Crippen LogP contribution is -1.88. The smallest absolute Gasteiger partial charge is 0.126 e. The summed E-state index contributed by atoms with van der Waals surface area (Å²) in [4.78, 5) is 0. The molecule has 0 heterocycles. The molecular formula is C7H7ClFN. The third-order valence-corrected chi connectivity index (χ3v) is 1.37. The zero-order valence-corrected chi connectivity index (χ0v) is 6.24. The molecule has 1 rings (SSSR count). The van der Waals surface area contributed by atoms with Crippen molar-refractivity contribution in [1.82, 2.24) is 0 Å². The van der Waals surface area contributed by atoms with Gasteiger partial charge in [0.15, 0.2) is 0 Å². The summed E-state index contributed by atoms with van der Waals surface area (Å²) in [5.74, 6) is -0.322. The largest absolute Gasteiger partial charge is 0.388 e. The van der Waals surface area contributed by atoms with Crippen LogP contribution in [0.2, 0.25) is 5.02 Å². The Morgan fingerprint density at radius 1 is 1.40 bits per heavy atom. The van der Waals surface area contributed by atoms with Crippen LogP contribution in [-0.2, 0) is 0 Å². The number of halogens is 2.